The van der Waals surface area contributed by atoms with Crippen LogP contribution >= 0.6 is 0 Å². The van der Waals surface area contributed by atoms with Crippen molar-refractivity contribution in [2.75, 3.05) is 37.6 Å². The van der Waals surface area contributed by atoms with Crippen molar-refractivity contribution in [1.82, 2.24) is 34.5 Å². The molecule has 0 amide bonds. The first-order valence-electron chi connectivity index (χ1n) is 9.94. The van der Waals surface area contributed by atoms with Crippen LogP contribution in [0.4, 0.5) is 5.82 Å². The van der Waals surface area contributed by atoms with E-state index in [1.807, 2.05) is 19.1 Å². The molecule has 1 saturated heterocycles. The Labute approximate surface area is 162 Å². The van der Waals surface area contributed by atoms with E-state index < -0.39 is 0 Å². The van der Waals surface area contributed by atoms with Gasteiger partial charge >= 0.3 is 0 Å². The number of aryl methyl sites for hydroxylation is 3. The lowest BCUT2D eigenvalue weighted by atomic mass is 10.2. The lowest BCUT2D eigenvalue weighted by Crippen LogP contribution is -2.48. The first-order valence-corrected chi connectivity index (χ1v) is 9.94. The number of piperazine rings is 1. The lowest BCUT2D eigenvalue weighted by Gasteiger charge is -2.35. The fraction of sp³-hybridized carbons (Fsp3) is 0.526. The van der Waals surface area contributed by atoms with Gasteiger partial charge in [-0.3, -0.25) is 9.69 Å². The molecule has 146 valence electrons. The van der Waals surface area contributed by atoms with Gasteiger partial charge in [-0.05, 0) is 43.9 Å². The van der Waals surface area contributed by atoms with E-state index >= 15 is 0 Å². The molecule has 0 spiro atoms. The lowest BCUT2D eigenvalue weighted by molar-refractivity contribution is 0.242. The molecule has 3 aromatic heterocycles. The first kappa shape index (κ1) is 17.3. The molecule has 0 unspecified atom stereocenters. The largest absolute Gasteiger partial charge is 0.353 e. The molecule has 0 saturated carbocycles. The highest BCUT2D eigenvalue weighted by Gasteiger charge is 2.20. The van der Waals surface area contributed by atoms with Crippen molar-refractivity contribution >= 4 is 11.5 Å². The van der Waals surface area contributed by atoms with Gasteiger partial charge in [0.05, 0.1) is 12.2 Å². The fourth-order valence-electron chi connectivity index (χ4n) is 4.09. The van der Waals surface area contributed by atoms with Crippen molar-refractivity contribution in [3.05, 3.63) is 45.6 Å². The Kier molecular flexibility index (Phi) is 4.31. The van der Waals surface area contributed by atoms with Crippen molar-refractivity contribution in [1.29, 1.82) is 0 Å². The molecule has 1 fully saturated rings. The number of rotatable bonds is 4. The van der Waals surface area contributed by atoms with Gasteiger partial charge in [-0.2, -0.15) is 9.61 Å². The Morgan fingerprint density at radius 3 is 2.71 bits per heavy atom. The van der Waals surface area contributed by atoms with Crippen LogP contribution in [0.15, 0.2) is 23.0 Å². The Hall–Kier alpha value is -2.81. The van der Waals surface area contributed by atoms with Crippen LogP contribution in [0, 0.1) is 6.92 Å². The van der Waals surface area contributed by atoms with Crippen LogP contribution in [-0.4, -0.2) is 67.2 Å². The zero-order valence-electron chi connectivity index (χ0n) is 16.1. The van der Waals surface area contributed by atoms with E-state index in [2.05, 4.69) is 30.2 Å². The minimum Gasteiger partial charge on any atom is -0.353 e. The fourth-order valence-corrected chi connectivity index (χ4v) is 4.09. The maximum absolute atomic E-state index is 12.3. The third-order valence-electron chi connectivity index (χ3n) is 5.75. The van der Waals surface area contributed by atoms with Crippen LogP contribution in [0.3, 0.4) is 0 Å². The summed E-state index contributed by atoms with van der Waals surface area (Å²) in [6.07, 6.45) is 3.11. The predicted octanol–water partition coefficient (Wildman–Crippen LogP) is 0.300. The Morgan fingerprint density at radius 2 is 1.86 bits per heavy atom. The molecule has 0 radical (unpaired) electrons. The highest BCUT2D eigenvalue weighted by Crippen LogP contribution is 2.17. The molecule has 9 heteroatoms. The van der Waals surface area contributed by atoms with Crippen LogP contribution in [-0.2, 0) is 19.4 Å². The third kappa shape index (κ3) is 3.15. The van der Waals surface area contributed by atoms with Crippen LogP contribution in [0.25, 0.3) is 5.65 Å². The molecular weight excluding hydrogens is 356 g/mol. The Bertz CT molecular complexity index is 1060. The number of hydrogen-bond donors (Lipinski definition) is 0. The van der Waals surface area contributed by atoms with Gasteiger partial charge in [0.1, 0.15) is 5.82 Å². The highest BCUT2D eigenvalue weighted by atomic mass is 16.1. The van der Waals surface area contributed by atoms with Crippen LogP contribution in [0.2, 0.25) is 0 Å². The molecule has 0 N–H and O–H groups in total. The van der Waals surface area contributed by atoms with E-state index in [1.165, 1.54) is 0 Å². The molecule has 1 aliphatic carbocycles. The second kappa shape index (κ2) is 6.97. The van der Waals surface area contributed by atoms with Gasteiger partial charge in [-0.15, -0.1) is 15.3 Å². The number of nitrogens with zero attached hydrogens (tertiary/aromatic N) is 8. The van der Waals surface area contributed by atoms with E-state index in [4.69, 9.17) is 0 Å². The number of aromatic nitrogens is 6. The van der Waals surface area contributed by atoms with Crippen LogP contribution < -0.4 is 10.5 Å². The van der Waals surface area contributed by atoms with Crippen molar-refractivity contribution in [2.24, 2.45) is 0 Å². The topological polar surface area (TPSA) is 84.5 Å². The summed E-state index contributed by atoms with van der Waals surface area (Å²) in [4.78, 5) is 16.9. The standard InChI is InChI=1S/C19H24N8O/c1-14-20-21-17-5-6-18(23-27(14)17)25-10-7-24(8-11-25)9-12-26-19(28)13-15-3-2-4-16(15)22-26/h5-6,13H,2-4,7-12H2,1H3. The summed E-state index contributed by atoms with van der Waals surface area (Å²) in [6.45, 7) is 7.11. The molecular formula is C19H24N8O. The van der Waals surface area contributed by atoms with Crippen molar-refractivity contribution in [3.8, 4) is 0 Å². The SMILES string of the molecule is Cc1nnc2ccc(N3CCN(CCn4nc5c(cc4=O)CCC5)CC3)nn12. The minimum absolute atomic E-state index is 0.0288. The Balaban J connectivity index is 1.20. The minimum atomic E-state index is 0.0288. The number of anilines is 1. The summed E-state index contributed by atoms with van der Waals surface area (Å²) >= 11 is 0. The smallest absolute Gasteiger partial charge is 0.267 e. The van der Waals surface area contributed by atoms with E-state index in [0.717, 1.165) is 80.5 Å². The second-order valence-corrected chi connectivity index (χ2v) is 7.57. The first-order chi connectivity index (χ1) is 13.7. The van der Waals surface area contributed by atoms with Crippen LogP contribution in [0.1, 0.15) is 23.5 Å². The van der Waals surface area contributed by atoms with Gasteiger partial charge in [0, 0.05) is 38.8 Å². The van der Waals surface area contributed by atoms with Gasteiger partial charge in [0.2, 0.25) is 0 Å². The zero-order valence-corrected chi connectivity index (χ0v) is 16.1. The van der Waals surface area contributed by atoms with Crippen molar-refractivity contribution < 1.29 is 0 Å². The molecule has 0 bridgehead atoms. The predicted molar refractivity (Wildman–Crippen MR) is 105 cm³/mol. The van der Waals surface area contributed by atoms with E-state index in [-0.39, 0.29) is 5.56 Å². The summed E-state index contributed by atoms with van der Waals surface area (Å²) in [5.74, 6) is 1.74. The average molecular weight is 380 g/mol. The number of hydrogen-bond acceptors (Lipinski definition) is 7. The summed E-state index contributed by atoms with van der Waals surface area (Å²) < 4.78 is 3.43. The normalized spacial score (nSPS) is 17.4. The maximum atomic E-state index is 12.3. The molecule has 3 aromatic rings. The summed E-state index contributed by atoms with van der Waals surface area (Å²) in [7, 11) is 0. The van der Waals surface area contributed by atoms with E-state index in [9.17, 15) is 4.79 Å². The monoisotopic (exact) mass is 380 g/mol. The second-order valence-electron chi connectivity index (χ2n) is 7.57. The maximum Gasteiger partial charge on any atom is 0.267 e. The molecule has 1 aliphatic heterocycles. The molecule has 5 rings (SSSR count). The van der Waals surface area contributed by atoms with E-state index in [0.29, 0.717) is 6.54 Å². The van der Waals surface area contributed by atoms with E-state index in [1.54, 1.807) is 15.3 Å². The molecule has 9 nitrogen and oxygen atoms in total. The molecule has 2 aliphatic rings. The molecule has 28 heavy (non-hydrogen) atoms. The summed E-state index contributed by atoms with van der Waals surface area (Å²) in [5.41, 5.74) is 3.05. The summed E-state index contributed by atoms with van der Waals surface area (Å²) in [6, 6.07) is 5.75. The van der Waals surface area contributed by atoms with Crippen molar-refractivity contribution in [3.63, 3.8) is 0 Å². The van der Waals surface area contributed by atoms with Gasteiger partial charge < -0.3 is 4.90 Å². The number of fused-ring (bicyclic) bond motifs is 2. The van der Waals surface area contributed by atoms with Gasteiger partial charge in [-0.25, -0.2) is 4.68 Å². The van der Waals surface area contributed by atoms with Gasteiger partial charge in [0.25, 0.3) is 5.56 Å². The summed E-state index contributed by atoms with van der Waals surface area (Å²) in [5, 5.41) is 17.4. The third-order valence-corrected chi connectivity index (χ3v) is 5.75. The molecule has 0 atom stereocenters. The molecule has 0 aromatic carbocycles. The quantitative estimate of drug-likeness (QED) is 0.644. The average Bonchev–Trinajstić information content (AvgIpc) is 3.32. The van der Waals surface area contributed by atoms with Gasteiger partial charge in [0.15, 0.2) is 11.5 Å². The van der Waals surface area contributed by atoms with Gasteiger partial charge in [-0.1, -0.05) is 0 Å². The van der Waals surface area contributed by atoms with Crippen molar-refractivity contribution in [2.45, 2.75) is 32.7 Å². The highest BCUT2D eigenvalue weighted by molar-refractivity contribution is 5.46. The Morgan fingerprint density at radius 1 is 1.00 bits per heavy atom. The molecule has 4 heterocycles. The van der Waals surface area contributed by atoms with Crippen LogP contribution in [0.5, 0.6) is 0 Å². The zero-order chi connectivity index (χ0) is 19.1.